The van der Waals surface area contributed by atoms with Crippen molar-refractivity contribution in [2.75, 3.05) is 7.11 Å². The Kier molecular flexibility index (Phi) is 4.69. The topological polar surface area (TPSA) is 68.7 Å². The van der Waals surface area contributed by atoms with Crippen molar-refractivity contribution < 1.29 is 41.3 Å². The summed E-state index contributed by atoms with van der Waals surface area (Å²) in [7, 11) is 1.01. The number of hydrogen-bond donors (Lipinski definition) is 1. The van der Waals surface area contributed by atoms with Crippen molar-refractivity contribution in [3.05, 3.63) is 17.5 Å². The van der Waals surface area contributed by atoms with E-state index in [2.05, 4.69) is 14.5 Å². The van der Waals surface area contributed by atoms with E-state index in [1.54, 1.807) is 0 Å². The van der Waals surface area contributed by atoms with E-state index in [-0.39, 0.29) is 0 Å². The summed E-state index contributed by atoms with van der Waals surface area (Å²) in [5, 5.41) is 9.48. The van der Waals surface area contributed by atoms with Crippen molar-refractivity contribution in [1.29, 1.82) is 0 Å². The second-order valence-electron chi connectivity index (χ2n) is 3.43. The highest BCUT2D eigenvalue weighted by atomic mass is 19.4. The van der Waals surface area contributed by atoms with Gasteiger partial charge in [0.25, 0.3) is 6.43 Å². The molecule has 0 saturated carbocycles. The predicted octanol–water partition coefficient (Wildman–Crippen LogP) is 2.34. The standard InChI is InChI=1S/C10H8F5NO4/c1-19-6(17)2-4-8(18)7(9(11)12)5(3-16-4)20-10(13,14)15/h3,9,18H,2H2,1H3. The van der Waals surface area contributed by atoms with Crippen molar-refractivity contribution >= 4 is 5.97 Å². The Labute approximate surface area is 108 Å². The molecule has 0 aromatic carbocycles. The van der Waals surface area contributed by atoms with Crippen LogP contribution in [0, 0.1) is 0 Å². The summed E-state index contributed by atoms with van der Waals surface area (Å²) in [5.74, 6) is -3.48. The molecule has 1 heterocycles. The molecule has 0 bridgehead atoms. The number of carbonyl (C=O) groups is 1. The van der Waals surface area contributed by atoms with Gasteiger partial charge in [0.05, 0.1) is 25.4 Å². The van der Waals surface area contributed by atoms with E-state index in [1.165, 1.54) is 0 Å². The van der Waals surface area contributed by atoms with Crippen molar-refractivity contribution in [3.63, 3.8) is 0 Å². The smallest absolute Gasteiger partial charge is 0.505 e. The van der Waals surface area contributed by atoms with Crippen LogP contribution in [0.1, 0.15) is 17.7 Å². The van der Waals surface area contributed by atoms with Crippen LogP contribution in [0.4, 0.5) is 22.0 Å². The van der Waals surface area contributed by atoms with Crippen LogP contribution in [0.5, 0.6) is 11.5 Å². The summed E-state index contributed by atoms with van der Waals surface area (Å²) in [4.78, 5) is 14.2. The van der Waals surface area contributed by atoms with Gasteiger partial charge in [0.15, 0.2) is 5.75 Å². The van der Waals surface area contributed by atoms with E-state index >= 15 is 0 Å². The van der Waals surface area contributed by atoms with Gasteiger partial charge in [-0.25, -0.2) is 8.78 Å². The van der Waals surface area contributed by atoms with E-state index < -0.39 is 47.9 Å². The van der Waals surface area contributed by atoms with Crippen molar-refractivity contribution in [2.24, 2.45) is 0 Å². The number of rotatable bonds is 4. The Morgan fingerprint density at radius 1 is 1.45 bits per heavy atom. The molecule has 0 aliphatic rings. The van der Waals surface area contributed by atoms with Gasteiger partial charge in [0, 0.05) is 0 Å². The fraction of sp³-hybridized carbons (Fsp3) is 0.400. The lowest BCUT2D eigenvalue weighted by molar-refractivity contribution is -0.275. The molecule has 10 heteroatoms. The molecule has 5 nitrogen and oxygen atoms in total. The molecular formula is C10H8F5NO4. The van der Waals surface area contributed by atoms with Gasteiger partial charge in [-0.1, -0.05) is 0 Å². The van der Waals surface area contributed by atoms with Crippen LogP contribution in [0.25, 0.3) is 0 Å². The van der Waals surface area contributed by atoms with Crippen LogP contribution in [-0.2, 0) is 16.0 Å². The van der Waals surface area contributed by atoms with Crippen LogP contribution in [0.2, 0.25) is 0 Å². The monoisotopic (exact) mass is 301 g/mol. The zero-order chi connectivity index (χ0) is 15.5. The number of alkyl halides is 5. The SMILES string of the molecule is COC(=O)Cc1ncc(OC(F)(F)F)c(C(F)F)c1O. The van der Waals surface area contributed by atoms with Crippen molar-refractivity contribution in [1.82, 2.24) is 4.98 Å². The molecule has 0 aliphatic heterocycles. The number of pyridine rings is 1. The molecule has 1 aromatic rings. The van der Waals surface area contributed by atoms with E-state index in [0.717, 1.165) is 7.11 Å². The number of carbonyl (C=O) groups excluding carboxylic acids is 1. The third-order valence-corrected chi connectivity index (χ3v) is 2.11. The fourth-order valence-corrected chi connectivity index (χ4v) is 1.29. The van der Waals surface area contributed by atoms with Gasteiger partial charge in [0.1, 0.15) is 11.3 Å². The van der Waals surface area contributed by atoms with Crippen LogP contribution in [0.15, 0.2) is 6.20 Å². The molecule has 20 heavy (non-hydrogen) atoms. The Balaban J connectivity index is 3.23. The molecule has 1 N–H and O–H groups in total. The highest BCUT2D eigenvalue weighted by Crippen LogP contribution is 2.39. The maximum absolute atomic E-state index is 12.7. The second-order valence-corrected chi connectivity index (χ2v) is 3.43. The van der Waals surface area contributed by atoms with E-state index in [1.807, 2.05) is 0 Å². The predicted molar refractivity (Wildman–Crippen MR) is 53.3 cm³/mol. The number of aromatic nitrogens is 1. The molecule has 112 valence electrons. The molecule has 0 saturated heterocycles. The first kappa shape index (κ1) is 15.9. The second kappa shape index (κ2) is 5.88. The molecule has 0 unspecified atom stereocenters. The summed E-state index contributed by atoms with van der Waals surface area (Å²) in [6.45, 7) is 0. The Hall–Kier alpha value is -2.13. The van der Waals surface area contributed by atoms with Crippen LogP contribution < -0.4 is 4.74 Å². The zero-order valence-corrected chi connectivity index (χ0v) is 9.87. The number of aromatic hydroxyl groups is 1. The maximum atomic E-state index is 12.7. The van der Waals surface area contributed by atoms with Crippen LogP contribution >= 0.6 is 0 Å². The molecule has 0 amide bonds. The van der Waals surface area contributed by atoms with E-state index in [4.69, 9.17) is 0 Å². The van der Waals surface area contributed by atoms with Crippen molar-refractivity contribution in [3.8, 4) is 11.5 Å². The highest BCUT2D eigenvalue weighted by molar-refractivity contribution is 5.73. The minimum Gasteiger partial charge on any atom is -0.505 e. The quantitative estimate of drug-likeness (QED) is 0.683. The lowest BCUT2D eigenvalue weighted by Crippen LogP contribution is -2.19. The number of methoxy groups -OCH3 is 1. The van der Waals surface area contributed by atoms with Gasteiger partial charge in [-0.3, -0.25) is 9.78 Å². The number of nitrogens with zero attached hydrogens (tertiary/aromatic N) is 1. The molecule has 0 spiro atoms. The van der Waals surface area contributed by atoms with Gasteiger partial charge >= 0.3 is 12.3 Å². The zero-order valence-electron chi connectivity index (χ0n) is 9.87. The molecule has 1 rings (SSSR count). The van der Waals surface area contributed by atoms with E-state index in [9.17, 15) is 31.9 Å². The minimum atomic E-state index is -5.22. The molecule has 1 aromatic heterocycles. The third kappa shape index (κ3) is 3.93. The first-order valence-electron chi connectivity index (χ1n) is 4.97. The Morgan fingerprint density at radius 2 is 2.05 bits per heavy atom. The number of hydrogen-bond acceptors (Lipinski definition) is 5. The average molecular weight is 301 g/mol. The average Bonchev–Trinajstić information content (AvgIpc) is 2.30. The number of ether oxygens (including phenoxy) is 2. The Bertz CT molecular complexity index is 503. The molecule has 0 aliphatic carbocycles. The molecule has 0 atom stereocenters. The number of halogens is 5. The van der Waals surface area contributed by atoms with Gasteiger partial charge in [-0.05, 0) is 0 Å². The fourth-order valence-electron chi connectivity index (χ4n) is 1.29. The summed E-state index contributed by atoms with van der Waals surface area (Å²) >= 11 is 0. The maximum Gasteiger partial charge on any atom is 0.573 e. The third-order valence-electron chi connectivity index (χ3n) is 2.11. The summed E-state index contributed by atoms with van der Waals surface area (Å²) in [6, 6.07) is 0. The largest absolute Gasteiger partial charge is 0.573 e. The first-order valence-corrected chi connectivity index (χ1v) is 4.97. The number of esters is 1. The van der Waals surface area contributed by atoms with Crippen LogP contribution in [-0.4, -0.2) is 29.5 Å². The van der Waals surface area contributed by atoms with Gasteiger partial charge < -0.3 is 14.6 Å². The minimum absolute atomic E-state index is 0.354. The van der Waals surface area contributed by atoms with Crippen molar-refractivity contribution in [2.45, 2.75) is 19.2 Å². The Morgan fingerprint density at radius 3 is 2.50 bits per heavy atom. The van der Waals surface area contributed by atoms with Gasteiger partial charge in [-0.15, -0.1) is 13.2 Å². The summed E-state index contributed by atoms with van der Waals surface area (Å²) in [5.41, 5.74) is -1.93. The normalized spacial score (nSPS) is 11.6. The van der Waals surface area contributed by atoms with Crippen LogP contribution in [0.3, 0.4) is 0 Å². The summed E-state index contributed by atoms with van der Waals surface area (Å²) in [6.07, 6.45) is -8.99. The lowest BCUT2D eigenvalue weighted by atomic mass is 10.1. The highest BCUT2D eigenvalue weighted by Gasteiger charge is 2.35. The lowest BCUT2D eigenvalue weighted by Gasteiger charge is -2.15. The first-order chi connectivity index (χ1) is 9.15. The van der Waals surface area contributed by atoms with Gasteiger partial charge in [-0.2, -0.15) is 0 Å². The van der Waals surface area contributed by atoms with E-state index in [0.29, 0.717) is 6.20 Å². The molecular weight excluding hydrogens is 293 g/mol. The van der Waals surface area contributed by atoms with Gasteiger partial charge in [0.2, 0.25) is 0 Å². The molecule has 0 radical (unpaired) electrons. The summed E-state index contributed by atoms with van der Waals surface area (Å²) < 4.78 is 69.1. The molecule has 0 fully saturated rings.